The Bertz CT molecular complexity index is 1030. The average molecular weight is 503 g/mol. The Balaban J connectivity index is 2.14. The smallest absolute Gasteiger partial charge is 0.459 e. The number of nitrogen functional groups attached to an aromatic ring is 1. The van der Waals surface area contributed by atoms with Gasteiger partial charge in [-0.3, -0.25) is 13.9 Å². The first-order valence-electron chi connectivity index (χ1n) is 10.1. The lowest BCUT2D eigenvalue weighted by Crippen LogP contribution is -2.35. The lowest BCUT2D eigenvalue weighted by molar-refractivity contribution is -0.142. The maximum atomic E-state index is 13.4. The van der Waals surface area contributed by atoms with E-state index in [1.54, 1.807) is 19.1 Å². The van der Waals surface area contributed by atoms with Crippen molar-refractivity contribution in [2.75, 3.05) is 19.5 Å². The van der Waals surface area contributed by atoms with Crippen molar-refractivity contribution in [1.29, 1.82) is 0 Å². The van der Waals surface area contributed by atoms with Gasteiger partial charge in [0.25, 0.3) is 0 Å². The van der Waals surface area contributed by atoms with Crippen molar-refractivity contribution < 1.29 is 27.9 Å². The van der Waals surface area contributed by atoms with Gasteiger partial charge in [0.05, 0.1) is 19.8 Å². The third-order valence-corrected chi connectivity index (χ3v) is 6.36. The van der Waals surface area contributed by atoms with Crippen molar-refractivity contribution in [3.63, 3.8) is 0 Å². The van der Waals surface area contributed by atoms with Gasteiger partial charge in [-0.05, 0) is 50.6 Å². The number of aromatic nitrogens is 2. The molecular weight excluding hydrogens is 475 g/mol. The fourth-order valence-corrected chi connectivity index (χ4v) is 4.32. The lowest BCUT2D eigenvalue weighted by Gasteiger charge is -2.26. The normalized spacial score (nSPS) is 15.8. The second-order valence-corrected chi connectivity index (χ2v) is 9.15. The molecule has 2 rings (SSSR count). The number of nitrogens with one attached hydrogen (secondary N) is 1. The molecule has 0 fully saturated rings. The number of nitrogens with zero attached hydrogens (tertiary/aromatic N) is 2. The van der Waals surface area contributed by atoms with E-state index in [9.17, 15) is 14.2 Å². The summed E-state index contributed by atoms with van der Waals surface area (Å²) < 4.78 is 36.4. The number of nitrogens with two attached hydrogens (primary N) is 1. The summed E-state index contributed by atoms with van der Waals surface area (Å²) in [4.78, 5) is 27.5. The summed E-state index contributed by atoms with van der Waals surface area (Å²) >= 11 is 5.88. The number of rotatable bonds is 12. The highest BCUT2D eigenvalue weighted by Crippen LogP contribution is 2.45. The van der Waals surface area contributed by atoms with Crippen LogP contribution in [0.4, 0.5) is 5.82 Å². The zero-order valence-electron chi connectivity index (χ0n) is 18.8. The first-order valence-corrected chi connectivity index (χ1v) is 12.0. The molecule has 1 unspecified atom stereocenters. The Morgan fingerprint density at radius 3 is 2.52 bits per heavy atom. The number of carbonyl (C=O) groups excluding carboxylic acids is 1. The molecule has 182 valence electrons. The predicted octanol–water partition coefficient (Wildman–Crippen LogP) is 3.15. The minimum Gasteiger partial charge on any atom is -0.468 e. The molecule has 1 heterocycles. The van der Waals surface area contributed by atoms with Gasteiger partial charge in [-0.1, -0.05) is 18.5 Å². The van der Waals surface area contributed by atoms with Crippen LogP contribution in [0, 0.1) is 0 Å². The van der Waals surface area contributed by atoms with Gasteiger partial charge in [0.1, 0.15) is 23.8 Å². The van der Waals surface area contributed by atoms with Crippen molar-refractivity contribution in [2.45, 2.75) is 45.6 Å². The van der Waals surface area contributed by atoms with Crippen molar-refractivity contribution in [1.82, 2.24) is 14.6 Å². The molecule has 4 atom stereocenters. The van der Waals surface area contributed by atoms with Gasteiger partial charge in [0.2, 0.25) is 0 Å². The van der Waals surface area contributed by atoms with Crippen LogP contribution in [-0.2, 0) is 23.4 Å². The van der Waals surface area contributed by atoms with Gasteiger partial charge >= 0.3 is 19.4 Å². The van der Waals surface area contributed by atoms with Gasteiger partial charge in [0.15, 0.2) is 0 Å². The van der Waals surface area contributed by atoms with Crippen LogP contribution in [0.1, 0.15) is 33.4 Å². The van der Waals surface area contributed by atoms with Crippen LogP contribution in [-0.4, -0.2) is 41.4 Å². The third kappa shape index (κ3) is 8.13. The number of benzene rings is 1. The average Bonchev–Trinajstić information content (AvgIpc) is 2.77. The van der Waals surface area contributed by atoms with E-state index in [1.807, 2.05) is 6.92 Å². The first-order chi connectivity index (χ1) is 15.6. The molecule has 0 amide bonds. The molecule has 1 aromatic heterocycles. The highest BCUT2D eigenvalue weighted by Gasteiger charge is 2.33. The van der Waals surface area contributed by atoms with Gasteiger partial charge in [-0.15, -0.1) is 0 Å². The number of carbonyl (C=O) groups is 1. The van der Waals surface area contributed by atoms with Crippen molar-refractivity contribution in [3.8, 4) is 5.75 Å². The molecule has 0 saturated heterocycles. The van der Waals surface area contributed by atoms with Crippen LogP contribution in [0.5, 0.6) is 5.75 Å². The quantitative estimate of drug-likeness (QED) is 0.328. The van der Waals surface area contributed by atoms with Crippen molar-refractivity contribution in [3.05, 3.63) is 52.0 Å². The van der Waals surface area contributed by atoms with Crippen LogP contribution in [0.3, 0.4) is 0 Å². The highest BCUT2D eigenvalue weighted by atomic mass is 35.5. The van der Waals surface area contributed by atoms with Gasteiger partial charge in [-0.25, -0.2) is 9.36 Å². The Morgan fingerprint density at radius 2 is 1.94 bits per heavy atom. The van der Waals surface area contributed by atoms with Crippen molar-refractivity contribution in [2.24, 2.45) is 0 Å². The Hall–Kier alpha value is -2.43. The molecule has 1 aromatic carbocycles. The van der Waals surface area contributed by atoms with Gasteiger partial charge in [0, 0.05) is 11.2 Å². The van der Waals surface area contributed by atoms with Crippen LogP contribution < -0.4 is 21.0 Å². The van der Waals surface area contributed by atoms with Gasteiger partial charge < -0.3 is 19.7 Å². The number of esters is 1. The maximum Gasteiger partial charge on any atom is 0.459 e. The van der Waals surface area contributed by atoms with E-state index < -0.39 is 37.8 Å². The summed E-state index contributed by atoms with van der Waals surface area (Å²) in [5.41, 5.74) is 4.95. The largest absolute Gasteiger partial charge is 0.468 e. The lowest BCUT2D eigenvalue weighted by atomic mass is 10.3. The molecule has 2 aromatic rings. The molecule has 0 saturated carbocycles. The summed E-state index contributed by atoms with van der Waals surface area (Å²) in [6, 6.07) is 6.64. The number of methoxy groups -OCH3 is 1. The van der Waals surface area contributed by atoms with E-state index >= 15 is 0 Å². The molecule has 13 heteroatoms. The Morgan fingerprint density at radius 1 is 1.27 bits per heavy atom. The van der Waals surface area contributed by atoms with Crippen LogP contribution in [0.2, 0.25) is 5.02 Å². The van der Waals surface area contributed by atoms with E-state index in [-0.39, 0.29) is 18.2 Å². The number of hydrogen-bond acceptors (Lipinski definition) is 9. The zero-order valence-corrected chi connectivity index (χ0v) is 20.4. The fraction of sp³-hybridized carbons (Fsp3) is 0.450. The zero-order chi connectivity index (χ0) is 24.6. The standard InChI is InChI=1S/C20H28ClN4O7P/c1-5-16(31-14(3)25-11-10-18(22)23-20(25)27)12-30-33(28,24-13(2)19(26)29-4)32-17-8-6-15(21)7-9-17/h6-11,13-14,16H,5,12H2,1-4H3,(H,24,28)(H2,22,23,27)/t13-,14+,16-,33?/m0/s1. The second kappa shape index (κ2) is 12.2. The number of ether oxygens (including phenoxy) is 2. The van der Waals surface area contributed by atoms with Crippen LogP contribution >= 0.6 is 19.3 Å². The van der Waals surface area contributed by atoms with Crippen LogP contribution in [0.25, 0.3) is 0 Å². The van der Waals surface area contributed by atoms with Crippen molar-refractivity contribution >= 4 is 31.1 Å². The molecule has 0 aliphatic rings. The second-order valence-electron chi connectivity index (χ2n) is 7.02. The maximum absolute atomic E-state index is 13.4. The summed E-state index contributed by atoms with van der Waals surface area (Å²) in [6.07, 6.45) is 0.672. The predicted molar refractivity (Wildman–Crippen MR) is 123 cm³/mol. The molecular formula is C20H28ClN4O7P. The van der Waals surface area contributed by atoms with E-state index in [0.717, 1.165) is 0 Å². The topological polar surface area (TPSA) is 144 Å². The number of halogens is 1. The van der Waals surface area contributed by atoms with E-state index in [2.05, 4.69) is 14.8 Å². The Labute approximate surface area is 196 Å². The fourth-order valence-electron chi connectivity index (χ4n) is 2.67. The molecule has 0 aliphatic heterocycles. The van der Waals surface area contributed by atoms with E-state index in [0.29, 0.717) is 11.4 Å². The number of hydrogen-bond donors (Lipinski definition) is 2. The van der Waals surface area contributed by atoms with E-state index in [4.69, 9.17) is 31.1 Å². The molecule has 0 aliphatic carbocycles. The molecule has 11 nitrogen and oxygen atoms in total. The third-order valence-electron chi connectivity index (χ3n) is 4.46. The summed E-state index contributed by atoms with van der Waals surface area (Å²) in [5, 5.41) is 3.02. The highest BCUT2D eigenvalue weighted by molar-refractivity contribution is 7.52. The number of anilines is 1. The molecule has 0 bridgehead atoms. The Kier molecular flexibility index (Phi) is 9.87. The molecule has 33 heavy (non-hydrogen) atoms. The monoisotopic (exact) mass is 502 g/mol. The van der Waals surface area contributed by atoms with E-state index in [1.165, 1.54) is 43.0 Å². The molecule has 0 radical (unpaired) electrons. The SMILES string of the molecule is CC[C@@H](COP(=O)(N[C@@H](C)C(=O)OC)Oc1ccc(Cl)cc1)O[C@H](C)n1ccc(N)nc1=O. The summed E-state index contributed by atoms with van der Waals surface area (Å²) in [5.74, 6) is -0.329. The van der Waals surface area contributed by atoms with Gasteiger partial charge in [-0.2, -0.15) is 10.1 Å². The summed E-state index contributed by atoms with van der Waals surface area (Å²) in [7, 11) is -2.84. The minimum absolute atomic E-state index is 0.102. The molecule has 0 spiro atoms. The first kappa shape index (κ1) is 26.8. The summed E-state index contributed by atoms with van der Waals surface area (Å²) in [6.45, 7) is 4.79. The molecule has 3 N–H and O–H groups in total. The van der Waals surface area contributed by atoms with Crippen LogP contribution in [0.15, 0.2) is 41.3 Å². The minimum atomic E-state index is -4.05.